The van der Waals surface area contributed by atoms with Crippen molar-refractivity contribution in [1.82, 2.24) is 5.32 Å². The van der Waals surface area contributed by atoms with Crippen molar-refractivity contribution in [3.8, 4) is 0 Å². The van der Waals surface area contributed by atoms with Crippen LogP contribution in [0.2, 0.25) is 0 Å². The van der Waals surface area contributed by atoms with Gasteiger partial charge in [0.1, 0.15) is 0 Å². The summed E-state index contributed by atoms with van der Waals surface area (Å²) < 4.78 is 0. The largest absolute Gasteiger partial charge is 0.370 e. The number of carbonyl (C=O) groups excluding carboxylic acids is 1. The van der Waals surface area contributed by atoms with Gasteiger partial charge in [-0.1, -0.05) is 6.07 Å². The van der Waals surface area contributed by atoms with Gasteiger partial charge >= 0.3 is 0 Å². The average molecular weight is 245 g/mol. The van der Waals surface area contributed by atoms with Gasteiger partial charge in [-0.25, -0.2) is 0 Å². The first-order valence-electron chi connectivity index (χ1n) is 5.73. The Morgan fingerprint density at radius 1 is 1.22 bits per heavy atom. The molecule has 0 atom stereocenters. The molecule has 0 bridgehead atoms. The number of nitrogens with two attached hydrogens (primary N) is 1. The van der Waals surface area contributed by atoms with Gasteiger partial charge in [0.15, 0.2) is 5.96 Å². The van der Waals surface area contributed by atoms with E-state index in [-0.39, 0.29) is 11.9 Å². The first-order chi connectivity index (χ1) is 8.32. The van der Waals surface area contributed by atoms with E-state index >= 15 is 0 Å². The maximum atomic E-state index is 11.4. The predicted octanol–water partition coefficient (Wildman–Crippen LogP) is 1.94. The van der Waals surface area contributed by atoms with Crippen molar-refractivity contribution in [3.63, 3.8) is 0 Å². The smallest absolute Gasteiger partial charge is 0.250 e. The summed E-state index contributed by atoms with van der Waals surface area (Å²) in [5.74, 6) is -0.738. The average Bonchev–Trinajstić information content (AvgIpc) is 2.25. The lowest BCUT2D eigenvalue weighted by atomic mass is 9.94. The molecular weight excluding hydrogens is 226 g/mol. The number of benzene rings is 1. The van der Waals surface area contributed by atoms with Crippen LogP contribution in [0, 0.1) is 33.1 Å². The van der Waals surface area contributed by atoms with Gasteiger partial charge in [0, 0.05) is 6.08 Å². The number of aryl methyl sites for hydroxylation is 2. The summed E-state index contributed by atoms with van der Waals surface area (Å²) in [6.07, 6.45) is 3.15. The van der Waals surface area contributed by atoms with E-state index in [1.54, 1.807) is 6.08 Å². The molecule has 1 aromatic carbocycles. The van der Waals surface area contributed by atoms with Crippen molar-refractivity contribution >= 4 is 17.9 Å². The highest BCUT2D eigenvalue weighted by Gasteiger charge is 2.06. The Morgan fingerprint density at radius 2 is 1.83 bits per heavy atom. The Kier molecular flexibility index (Phi) is 4.26. The number of hydrogen-bond donors (Lipinski definition) is 3. The first-order valence-corrected chi connectivity index (χ1v) is 5.73. The van der Waals surface area contributed by atoms with Gasteiger partial charge in [0.05, 0.1) is 0 Å². The molecule has 18 heavy (non-hydrogen) atoms. The minimum atomic E-state index is -0.389. The fraction of sp³-hybridized carbons (Fsp3) is 0.286. The van der Waals surface area contributed by atoms with Crippen molar-refractivity contribution in [2.24, 2.45) is 5.73 Å². The molecule has 0 saturated carbocycles. The lowest BCUT2D eigenvalue weighted by Gasteiger charge is -2.11. The van der Waals surface area contributed by atoms with Gasteiger partial charge in [0.2, 0.25) is 0 Å². The van der Waals surface area contributed by atoms with Crippen LogP contribution < -0.4 is 11.1 Å². The Bertz CT molecular complexity index is 530. The summed E-state index contributed by atoms with van der Waals surface area (Å²) >= 11 is 0. The van der Waals surface area contributed by atoms with E-state index in [9.17, 15) is 4.79 Å². The zero-order valence-electron chi connectivity index (χ0n) is 11.2. The summed E-state index contributed by atoms with van der Waals surface area (Å²) in [4.78, 5) is 11.4. The lowest BCUT2D eigenvalue weighted by Crippen LogP contribution is -2.34. The number of carbonyl (C=O) groups is 1. The minimum absolute atomic E-state index is 0.349. The number of rotatable bonds is 2. The van der Waals surface area contributed by atoms with Crippen LogP contribution in [0.25, 0.3) is 6.08 Å². The molecule has 4 heteroatoms. The fourth-order valence-electron chi connectivity index (χ4n) is 1.89. The highest BCUT2D eigenvalue weighted by Crippen LogP contribution is 2.22. The third-order valence-corrected chi connectivity index (χ3v) is 3.08. The maximum Gasteiger partial charge on any atom is 0.250 e. The molecule has 0 saturated heterocycles. The van der Waals surface area contributed by atoms with E-state index < -0.39 is 0 Å². The SMILES string of the molecule is Cc1cc(C)c(/C=C/C(=O)NC(=N)N)c(C)c1C. The molecule has 1 aromatic rings. The maximum absolute atomic E-state index is 11.4. The number of nitrogens with one attached hydrogen (secondary N) is 2. The number of guanidine groups is 1. The molecule has 0 aliphatic rings. The van der Waals surface area contributed by atoms with Crippen LogP contribution in [0.5, 0.6) is 0 Å². The Balaban J connectivity index is 3.05. The van der Waals surface area contributed by atoms with Crippen molar-refractivity contribution in [2.45, 2.75) is 27.7 Å². The summed E-state index contributed by atoms with van der Waals surface area (Å²) in [6, 6.07) is 2.10. The Hall–Kier alpha value is -2.10. The van der Waals surface area contributed by atoms with Crippen LogP contribution in [0.1, 0.15) is 27.8 Å². The topological polar surface area (TPSA) is 79.0 Å². The van der Waals surface area contributed by atoms with E-state index in [2.05, 4.69) is 25.2 Å². The summed E-state index contributed by atoms with van der Waals surface area (Å²) in [5, 5.41) is 9.18. The van der Waals surface area contributed by atoms with E-state index in [0.717, 1.165) is 11.1 Å². The standard InChI is InChI=1S/C14H19N3O/c1-8-7-9(2)12(11(4)10(8)3)5-6-13(18)17-14(15)16/h5-7H,1-4H3,(H4,15,16,17,18)/b6-5+. The predicted molar refractivity (Wildman–Crippen MR) is 74.5 cm³/mol. The fourth-order valence-corrected chi connectivity index (χ4v) is 1.89. The van der Waals surface area contributed by atoms with E-state index in [1.807, 2.05) is 13.8 Å². The van der Waals surface area contributed by atoms with Gasteiger partial charge in [-0.15, -0.1) is 0 Å². The molecule has 0 unspecified atom stereocenters. The molecule has 0 heterocycles. The number of hydrogen-bond acceptors (Lipinski definition) is 2. The van der Waals surface area contributed by atoms with Crippen molar-refractivity contribution in [2.75, 3.05) is 0 Å². The zero-order chi connectivity index (χ0) is 13.9. The second-order valence-electron chi connectivity index (χ2n) is 4.41. The minimum Gasteiger partial charge on any atom is -0.370 e. The van der Waals surface area contributed by atoms with Crippen LogP contribution in [-0.2, 0) is 4.79 Å². The van der Waals surface area contributed by atoms with E-state index in [0.29, 0.717) is 0 Å². The highest BCUT2D eigenvalue weighted by molar-refractivity contribution is 6.02. The Labute approximate surface area is 107 Å². The molecule has 0 spiro atoms. The van der Waals surface area contributed by atoms with Gasteiger partial charge in [-0.3, -0.25) is 15.5 Å². The van der Waals surface area contributed by atoms with Crippen LogP contribution in [0.3, 0.4) is 0 Å². The van der Waals surface area contributed by atoms with Crippen LogP contribution >= 0.6 is 0 Å². The normalized spacial score (nSPS) is 10.7. The van der Waals surface area contributed by atoms with Crippen LogP contribution in [0.4, 0.5) is 0 Å². The molecule has 1 amide bonds. The van der Waals surface area contributed by atoms with Crippen LogP contribution in [-0.4, -0.2) is 11.9 Å². The third-order valence-electron chi connectivity index (χ3n) is 3.08. The molecule has 4 nitrogen and oxygen atoms in total. The molecule has 0 fully saturated rings. The summed E-state index contributed by atoms with van der Waals surface area (Å²) in [6.45, 7) is 8.20. The molecule has 96 valence electrons. The quantitative estimate of drug-likeness (QED) is 0.423. The van der Waals surface area contributed by atoms with Crippen LogP contribution in [0.15, 0.2) is 12.1 Å². The molecule has 0 aliphatic heterocycles. The van der Waals surface area contributed by atoms with Gasteiger partial charge < -0.3 is 5.73 Å². The van der Waals surface area contributed by atoms with Crippen molar-refractivity contribution in [3.05, 3.63) is 40.0 Å². The van der Waals surface area contributed by atoms with Crippen molar-refractivity contribution in [1.29, 1.82) is 5.41 Å². The molecule has 0 aromatic heterocycles. The summed E-state index contributed by atoms with van der Waals surface area (Å²) in [7, 11) is 0. The zero-order valence-corrected chi connectivity index (χ0v) is 11.2. The molecule has 0 aliphatic carbocycles. The van der Waals surface area contributed by atoms with Crippen molar-refractivity contribution < 1.29 is 4.79 Å². The monoisotopic (exact) mass is 245 g/mol. The van der Waals surface area contributed by atoms with Gasteiger partial charge in [0.25, 0.3) is 5.91 Å². The molecule has 0 radical (unpaired) electrons. The molecule has 4 N–H and O–H groups in total. The van der Waals surface area contributed by atoms with Gasteiger partial charge in [-0.2, -0.15) is 0 Å². The summed E-state index contributed by atoms with van der Waals surface area (Å²) in [5.41, 5.74) is 10.9. The second kappa shape index (κ2) is 5.49. The first kappa shape index (κ1) is 14.0. The second-order valence-corrected chi connectivity index (χ2v) is 4.41. The highest BCUT2D eigenvalue weighted by atomic mass is 16.1. The third kappa shape index (κ3) is 3.20. The van der Waals surface area contributed by atoms with E-state index in [1.165, 1.54) is 22.8 Å². The van der Waals surface area contributed by atoms with E-state index in [4.69, 9.17) is 11.1 Å². The number of amides is 1. The molecule has 1 rings (SSSR count). The molecular formula is C14H19N3O. The Morgan fingerprint density at radius 3 is 2.39 bits per heavy atom. The van der Waals surface area contributed by atoms with Gasteiger partial charge in [-0.05, 0) is 61.6 Å². The lowest BCUT2D eigenvalue weighted by molar-refractivity contribution is -0.115.